The number of nitrogens with zero attached hydrogens (tertiary/aromatic N) is 1. The second kappa shape index (κ2) is 5.54. The zero-order valence-corrected chi connectivity index (χ0v) is 13.1. The predicted molar refractivity (Wildman–Crippen MR) is 80.9 cm³/mol. The van der Waals surface area contributed by atoms with E-state index >= 15 is 0 Å². The Morgan fingerprint density at radius 2 is 2.18 bits per heavy atom. The monoisotopic (exact) mass is 324 g/mol. The molecule has 1 aromatic carbocycles. The minimum Gasteiger partial charge on any atom is -0.323 e. The van der Waals surface area contributed by atoms with E-state index in [1.807, 2.05) is 6.92 Å². The van der Waals surface area contributed by atoms with Crippen LogP contribution in [-0.2, 0) is 11.3 Å². The predicted octanol–water partition coefficient (Wildman–Crippen LogP) is 3.48. The van der Waals surface area contributed by atoms with Crippen molar-refractivity contribution in [2.45, 2.75) is 44.7 Å². The van der Waals surface area contributed by atoms with Crippen molar-refractivity contribution in [3.63, 3.8) is 0 Å². The Hall–Kier alpha value is -1.62. The molecule has 0 aromatic heterocycles. The number of nitrogens with one attached hydrogen (secondary N) is 1. The summed E-state index contributed by atoms with van der Waals surface area (Å²) in [5.74, 6) is -0.514. The largest absolute Gasteiger partial charge is 0.325 e. The summed E-state index contributed by atoms with van der Waals surface area (Å²) in [4.78, 5) is 26.3. The fourth-order valence-electron chi connectivity index (χ4n) is 3.46. The van der Waals surface area contributed by atoms with Gasteiger partial charge in [-0.3, -0.25) is 9.69 Å². The van der Waals surface area contributed by atoms with Crippen LogP contribution in [0.15, 0.2) is 18.2 Å². The van der Waals surface area contributed by atoms with Gasteiger partial charge in [0.1, 0.15) is 11.4 Å². The van der Waals surface area contributed by atoms with E-state index in [1.54, 1.807) is 0 Å². The molecule has 2 aliphatic rings. The maximum atomic E-state index is 13.1. The molecule has 1 heterocycles. The number of amides is 3. The Labute approximate surface area is 133 Å². The third kappa shape index (κ3) is 2.37. The molecule has 1 aliphatic heterocycles. The number of benzene rings is 1. The average Bonchev–Trinajstić information content (AvgIpc) is 2.70. The van der Waals surface area contributed by atoms with Gasteiger partial charge in [-0.1, -0.05) is 37.4 Å². The van der Waals surface area contributed by atoms with Crippen LogP contribution in [-0.4, -0.2) is 22.4 Å². The van der Waals surface area contributed by atoms with Gasteiger partial charge in [0.25, 0.3) is 5.91 Å². The van der Waals surface area contributed by atoms with Crippen LogP contribution in [0.25, 0.3) is 0 Å². The first-order valence-electron chi connectivity index (χ1n) is 7.52. The molecule has 1 spiro atoms. The first-order chi connectivity index (χ1) is 10.4. The van der Waals surface area contributed by atoms with Crippen LogP contribution in [0.3, 0.4) is 0 Å². The van der Waals surface area contributed by atoms with Crippen LogP contribution in [0.1, 0.15) is 38.2 Å². The minimum atomic E-state index is -0.776. The Balaban J connectivity index is 1.86. The van der Waals surface area contributed by atoms with Crippen molar-refractivity contribution in [1.29, 1.82) is 0 Å². The molecule has 1 aliphatic carbocycles. The number of carbonyl (C=O) groups excluding carboxylic acids is 2. The lowest BCUT2D eigenvalue weighted by Crippen LogP contribution is -2.53. The summed E-state index contributed by atoms with van der Waals surface area (Å²) < 4.78 is 13.1. The van der Waals surface area contributed by atoms with Crippen molar-refractivity contribution in [3.05, 3.63) is 34.6 Å². The molecule has 3 amide bonds. The van der Waals surface area contributed by atoms with Crippen LogP contribution in [0.5, 0.6) is 0 Å². The second-order valence-electron chi connectivity index (χ2n) is 6.18. The molecule has 2 atom stereocenters. The highest BCUT2D eigenvalue weighted by Gasteiger charge is 2.54. The van der Waals surface area contributed by atoms with E-state index in [0.717, 1.165) is 19.3 Å². The SMILES string of the molecule is CC1CCCCC12NC(=O)N(Cc1ccc(F)cc1Cl)C2=O. The number of carbonyl (C=O) groups is 2. The van der Waals surface area contributed by atoms with Crippen molar-refractivity contribution in [1.82, 2.24) is 10.2 Å². The van der Waals surface area contributed by atoms with E-state index in [2.05, 4.69) is 5.32 Å². The maximum Gasteiger partial charge on any atom is 0.325 e. The van der Waals surface area contributed by atoms with Gasteiger partial charge >= 0.3 is 6.03 Å². The lowest BCUT2D eigenvalue weighted by atomic mass is 9.73. The van der Waals surface area contributed by atoms with E-state index in [1.165, 1.54) is 23.1 Å². The van der Waals surface area contributed by atoms with Crippen LogP contribution < -0.4 is 5.32 Å². The summed E-state index contributed by atoms with van der Waals surface area (Å²) in [6.07, 6.45) is 3.61. The molecule has 6 heteroatoms. The first-order valence-corrected chi connectivity index (χ1v) is 7.90. The molecule has 2 unspecified atom stereocenters. The molecule has 2 fully saturated rings. The molecule has 1 aromatic rings. The Morgan fingerprint density at radius 3 is 2.86 bits per heavy atom. The van der Waals surface area contributed by atoms with Crippen molar-refractivity contribution in [3.8, 4) is 0 Å². The summed E-state index contributed by atoms with van der Waals surface area (Å²) in [6, 6.07) is 3.58. The highest BCUT2D eigenvalue weighted by atomic mass is 35.5. The number of urea groups is 1. The molecule has 1 saturated carbocycles. The fourth-order valence-corrected chi connectivity index (χ4v) is 3.69. The van der Waals surface area contributed by atoms with Gasteiger partial charge in [0.05, 0.1) is 6.54 Å². The molecular formula is C16H18ClFN2O2. The average molecular weight is 325 g/mol. The highest BCUT2D eigenvalue weighted by Crippen LogP contribution is 2.38. The smallest absolute Gasteiger partial charge is 0.323 e. The quantitative estimate of drug-likeness (QED) is 0.847. The molecule has 4 nitrogen and oxygen atoms in total. The Morgan fingerprint density at radius 1 is 1.41 bits per heavy atom. The Kier molecular flexibility index (Phi) is 3.85. The van der Waals surface area contributed by atoms with Gasteiger partial charge < -0.3 is 5.32 Å². The third-order valence-electron chi connectivity index (χ3n) is 4.85. The zero-order chi connectivity index (χ0) is 15.9. The van der Waals surface area contributed by atoms with E-state index in [4.69, 9.17) is 11.6 Å². The summed E-state index contributed by atoms with van der Waals surface area (Å²) in [7, 11) is 0. The standard InChI is InChI=1S/C16H18ClFN2O2/c1-10-4-2-3-7-16(10)14(21)20(15(22)19-16)9-11-5-6-12(18)8-13(11)17/h5-6,8,10H,2-4,7,9H2,1H3,(H,19,22). The van der Waals surface area contributed by atoms with Gasteiger partial charge in [-0.25, -0.2) is 9.18 Å². The van der Waals surface area contributed by atoms with Crippen molar-refractivity contribution >= 4 is 23.5 Å². The number of halogens is 2. The van der Waals surface area contributed by atoms with Crippen molar-refractivity contribution < 1.29 is 14.0 Å². The zero-order valence-electron chi connectivity index (χ0n) is 12.4. The Bertz CT molecular complexity index is 637. The molecule has 1 saturated heterocycles. The van der Waals surface area contributed by atoms with Gasteiger partial charge in [0.2, 0.25) is 0 Å². The summed E-state index contributed by atoms with van der Waals surface area (Å²) in [5, 5.41) is 3.11. The lowest BCUT2D eigenvalue weighted by molar-refractivity contribution is -0.134. The summed E-state index contributed by atoms with van der Waals surface area (Å²) in [5.41, 5.74) is -0.214. The number of imide groups is 1. The first kappa shape index (κ1) is 15.3. The summed E-state index contributed by atoms with van der Waals surface area (Å²) in [6.45, 7) is 2.07. The molecule has 0 bridgehead atoms. The van der Waals surface area contributed by atoms with E-state index in [-0.39, 0.29) is 29.4 Å². The van der Waals surface area contributed by atoms with Crippen LogP contribution in [0.4, 0.5) is 9.18 Å². The molecule has 1 N–H and O–H groups in total. The minimum absolute atomic E-state index is 0.0677. The number of rotatable bonds is 2. The number of hydrogen-bond acceptors (Lipinski definition) is 2. The van der Waals surface area contributed by atoms with Gasteiger partial charge in [-0.2, -0.15) is 0 Å². The summed E-state index contributed by atoms with van der Waals surface area (Å²) >= 11 is 6.00. The van der Waals surface area contributed by atoms with E-state index in [9.17, 15) is 14.0 Å². The molecular weight excluding hydrogens is 307 g/mol. The van der Waals surface area contributed by atoms with Gasteiger partial charge in [0.15, 0.2) is 0 Å². The van der Waals surface area contributed by atoms with Crippen LogP contribution >= 0.6 is 11.6 Å². The van der Waals surface area contributed by atoms with Gasteiger partial charge in [-0.05, 0) is 36.5 Å². The van der Waals surface area contributed by atoms with Crippen molar-refractivity contribution in [2.24, 2.45) is 5.92 Å². The molecule has 3 rings (SSSR count). The number of hydrogen-bond donors (Lipinski definition) is 1. The molecule has 118 valence electrons. The highest BCUT2D eigenvalue weighted by molar-refractivity contribution is 6.31. The van der Waals surface area contributed by atoms with Gasteiger partial charge in [0, 0.05) is 5.02 Å². The third-order valence-corrected chi connectivity index (χ3v) is 5.20. The van der Waals surface area contributed by atoms with Crippen LogP contribution in [0.2, 0.25) is 5.02 Å². The maximum absolute atomic E-state index is 13.1. The molecule has 22 heavy (non-hydrogen) atoms. The fraction of sp³-hybridized carbons (Fsp3) is 0.500. The van der Waals surface area contributed by atoms with Gasteiger partial charge in [-0.15, -0.1) is 0 Å². The molecule has 0 radical (unpaired) electrons. The van der Waals surface area contributed by atoms with Crippen LogP contribution in [0, 0.1) is 11.7 Å². The second-order valence-corrected chi connectivity index (χ2v) is 6.58. The van der Waals surface area contributed by atoms with Crippen molar-refractivity contribution in [2.75, 3.05) is 0 Å². The van der Waals surface area contributed by atoms with E-state index < -0.39 is 11.4 Å². The lowest BCUT2D eigenvalue weighted by Gasteiger charge is -2.36. The normalized spacial score (nSPS) is 28.3. The van der Waals surface area contributed by atoms with E-state index in [0.29, 0.717) is 12.0 Å². The topological polar surface area (TPSA) is 49.4 Å².